The summed E-state index contributed by atoms with van der Waals surface area (Å²) in [7, 11) is 1.95. The minimum absolute atomic E-state index is 0.433. The summed E-state index contributed by atoms with van der Waals surface area (Å²) in [5, 5.41) is 5.17. The quantitative estimate of drug-likeness (QED) is 0.675. The van der Waals surface area contributed by atoms with Gasteiger partial charge in [0.05, 0.1) is 16.7 Å². The maximum atomic E-state index is 6.00. The van der Waals surface area contributed by atoms with Crippen LogP contribution in [0.25, 0.3) is 22.2 Å². The second-order valence-electron chi connectivity index (χ2n) is 5.88. The number of aryl methyl sites for hydroxylation is 1. The zero-order valence-electron chi connectivity index (χ0n) is 12.9. The Labute approximate surface area is 139 Å². The molecule has 0 amide bonds. The van der Waals surface area contributed by atoms with Gasteiger partial charge in [-0.1, -0.05) is 11.6 Å². The van der Waals surface area contributed by atoms with Gasteiger partial charge in [-0.15, -0.1) is 0 Å². The number of hydrogen-bond donors (Lipinski definition) is 0. The van der Waals surface area contributed by atoms with Crippen molar-refractivity contribution in [1.82, 2.24) is 19.7 Å². The predicted octanol–water partition coefficient (Wildman–Crippen LogP) is 3.58. The average Bonchev–Trinajstić information content (AvgIpc) is 2.97. The molecule has 0 radical (unpaired) electrons. The summed E-state index contributed by atoms with van der Waals surface area (Å²) in [5.41, 5.74) is 4.92. The predicted molar refractivity (Wildman–Crippen MR) is 89.5 cm³/mol. The Kier molecular flexibility index (Phi) is 3.75. The van der Waals surface area contributed by atoms with Crippen LogP contribution in [0, 0.1) is 0 Å². The molecule has 0 aromatic carbocycles. The molecule has 4 rings (SSSR count). The molecule has 5 nitrogen and oxygen atoms in total. The van der Waals surface area contributed by atoms with Gasteiger partial charge in [-0.05, 0) is 31.0 Å². The van der Waals surface area contributed by atoms with Crippen molar-refractivity contribution in [3.05, 3.63) is 41.4 Å². The standard InChI is InChI=1S/C17H17ClN4O/c1-22-10-13(17(21-22)11-4-6-23-7-5-11)12-8-15-14(19-9-12)2-3-16(18)20-15/h2-3,8-11H,4-7H2,1H3. The monoisotopic (exact) mass is 328 g/mol. The summed E-state index contributed by atoms with van der Waals surface area (Å²) in [6.45, 7) is 1.60. The van der Waals surface area contributed by atoms with E-state index in [0.29, 0.717) is 11.1 Å². The third-order valence-electron chi connectivity index (χ3n) is 4.28. The van der Waals surface area contributed by atoms with Gasteiger partial charge in [0.1, 0.15) is 5.15 Å². The van der Waals surface area contributed by atoms with Gasteiger partial charge in [-0.2, -0.15) is 5.10 Å². The van der Waals surface area contributed by atoms with Crippen molar-refractivity contribution in [1.29, 1.82) is 0 Å². The highest BCUT2D eigenvalue weighted by atomic mass is 35.5. The van der Waals surface area contributed by atoms with E-state index < -0.39 is 0 Å². The van der Waals surface area contributed by atoms with E-state index in [1.54, 1.807) is 6.07 Å². The minimum atomic E-state index is 0.433. The zero-order chi connectivity index (χ0) is 15.8. The molecule has 0 aliphatic carbocycles. The van der Waals surface area contributed by atoms with E-state index in [9.17, 15) is 0 Å². The van der Waals surface area contributed by atoms with Crippen molar-refractivity contribution in [3.8, 4) is 11.1 Å². The van der Waals surface area contributed by atoms with Gasteiger partial charge in [0.2, 0.25) is 0 Å². The first kappa shape index (κ1) is 14.6. The number of aromatic nitrogens is 4. The minimum Gasteiger partial charge on any atom is -0.381 e. The van der Waals surface area contributed by atoms with Crippen LogP contribution < -0.4 is 0 Å². The molecule has 6 heteroatoms. The third kappa shape index (κ3) is 2.82. The van der Waals surface area contributed by atoms with E-state index in [-0.39, 0.29) is 0 Å². The highest BCUT2D eigenvalue weighted by Gasteiger charge is 2.23. The Balaban J connectivity index is 1.80. The van der Waals surface area contributed by atoms with Crippen LogP contribution in [0.4, 0.5) is 0 Å². The van der Waals surface area contributed by atoms with Gasteiger partial charge >= 0.3 is 0 Å². The number of ether oxygens (including phenoxy) is 1. The highest BCUT2D eigenvalue weighted by molar-refractivity contribution is 6.29. The molecule has 0 bridgehead atoms. The van der Waals surface area contributed by atoms with Crippen molar-refractivity contribution in [3.63, 3.8) is 0 Å². The van der Waals surface area contributed by atoms with Crippen LogP contribution in [-0.4, -0.2) is 33.0 Å². The molecule has 1 saturated heterocycles. The fourth-order valence-electron chi connectivity index (χ4n) is 3.13. The maximum Gasteiger partial charge on any atom is 0.129 e. The van der Waals surface area contributed by atoms with Crippen molar-refractivity contribution in [2.75, 3.05) is 13.2 Å². The lowest BCUT2D eigenvalue weighted by Crippen LogP contribution is -2.15. The van der Waals surface area contributed by atoms with Gasteiger partial charge in [0.25, 0.3) is 0 Å². The fourth-order valence-corrected chi connectivity index (χ4v) is 3.28. The molecule has 3 aromatic rings. The maximum absolute atomic E-state index is 6.00. The molecule has 1 aliphatic heterocycles. The first-order valence-corrected chi connectivity index (χ1v) is 8.12. The molecule has 118 valence electrons. The van der Waals surface area contributed by atoms with Crippen molar-refractivity contribution in [2.24, 2.45) is 7.05 Å². The molecular formula is C17H17ClN4O. The van der Waals surface area contributed by atoms with Gasteiger partial charge in [0, 0.05) is 49.7 Å². The normalized spacial score (nSPS) is 16.1. The second kappa shape index (κ2) is 5.91. The molecule has 23 heavy (non-hydrogen) atoms. The van der Waals surface area contributed by atoms with Crippen LogP contribution in [0.2, 0.25) is 5.15 Å². The summed E-state index contributed by atoms with van der Waals surface area (Å²) in [5.74, 6) is 0.433. The molecule has 0 atom stereocenters. The Bertz CT molecular complexity index is 855. The van der Waals surface area contributed by atoms with Crippen LogP contribution in [0.5, 0.6) is 0 Å². The van der Waals surface area contributed by atoms with Gasteiger partial charge in [-0.3, -0.25) is 9.67 Å². The summed E-state index contributed by atoms with van der Waals surface area (Å²) in [4.78, 5) is 8.88. The van der Waals surface area contributed by atoms with E-state index in [2.05, 4.69) is 16.2 Å². The Morgan fingerprint density at radius 3 is 2.87 bits per heavy atom. The largest absolute Gasteiger partial charge is 0.381 e. The molecule has 0 saturated carbocycles. The van der Waals surface area contributed by atoms with Gasteiger partial charge < -0.3 is 4.74 Å². The van der Waals surface area contributed by atoms with Crippen LogP contribution in [0.15, 0.2) is 30.6 Å². The van der Waals surface area contributed by atoms with Gasteiger partial charge in [-0.25, -0.2) is 4.98 Å². The molecule has 0 spiro atoms. The molecule has 4 heterocycles. The third-order valence-corrected chi connectivity index (χ3v) is 4.49. The van der Waals surface area contributed by atoms with E-state index in [1.165, 1.54) is 0 Å². The number of fused-ring (bicyclic) bond motifs is 1. The van der Waals surface area contributed by atoms with Crippen LogP contribution in [0.1, 0.15) is 24.5 Å². The lowest BCUT2D eigenvalue weighted by molar-refractivity contribution is 0.0845. The topological polar surface area (TPSA) is 52.8 Å². The number of rotatable bonds is 2. The van der Waals surface area contributed by atoms with E-state index in [4.69, 9.17) is 21.4 Å². The Morgan fingerprint density at radius 1 is 1.22 bits per heavy atom. The first-order valence-electron chi connectivity index (χ1n) is 7.74. The highest BCUT2D eigenvalue weighted by Crippen LogP contribution is 2.34. The molecule has 1 aliphatic rings. The molecule has 0 unspecified atom stereocenters. The van der Waals surface area contributed by atoms with Crippen molar-refractivity contribution < 1.29 is 4.74 Å². The molecule has 3 aromatic heterocycles. The van der Waals surface area contributed by atoms with Gasteiger partial charge in [0.15, 0.2) is 0 Å². The van der Waals surface area contributed by atoms with Crippen LogP contribution in [0.3, 0.4) is 0 Å². The van der Waals surface area contributed by atoms with Crippen LogP contribution in [-0.2, 0) is 11.8 Å². The van der Waals surface area contributed by atoms with Crippen LogP contribution >= 0.6 is 11.6 Å². The smallest absolute Gasteiger partial charge is 0.129 e. The first-order chi connectivity index (χ1) is 11.2. The molecule has 1 fully saturated rings. The lowest BCUT2D eigenvalue weighted by Gasteiger charge is -2.21. The van der Waals surface area contributed by atoms with E-state index in [1.807, 2.05) is 30.1 Å². The summed E-state index contributed by atoms with van der Waals surface area (Å²) < 4.78 is 7.34. The van der Waals surface area contributed by atoms with E-state index in [0.717, 1.165) is 53.9 Å². The summed E-state index contributed by atoms with van der Waals surface area (Å²) in [6.07, 6.45) is 5.96. The average molecular weight is 329 g/mol. The van der Waals surface area contributed by atoms with E-state index >= 15 is 0 Å². The molecule has 0 N–H and O–H groups in total. The lowest BCUT2D eigenvalue weighted by atomic mass is 9.92. The number of nitrogens with zero attached hydrogens (tertiary/aromatic N) is 4. The Morgan fingerprint density at radius 2 is 2.04 bits per heavy atom. The number of hydrogen-bond acceptors (Lipinski definition) is 4. The van der Waals surface area contributed by atoms with Crippen molar-refractivity contribution >= 4 is 22.6 Å². The summed E-state index contributed by atoms with van der Waals surface area (Å²) in [6, 6.07) is 5.68. The second-order valence-corrected chi connectivity index (χ2v) is 6.27. The summed E-state index contributed by atoms with van der Waals surface area (Å²) >= 11 is 6.00. The number of pyridine rings is 2. The fraction of sp³-hybridized carbons (Fsp3) is 0.353. The Hall–Kier alpha value is -1.98. The molecular weight excluding hydrogens is 312 g/mol. The zero-order valence-corrected chi connectivity index (χ0v) is 13.6. The van der Waals surface area contributed by atoms with Crippen molar-refractivity contribution in [2.45, 2.75) is 18.8 Å². The SMILES string of the molecule is Cn1cc(-c2cnc3ccc(Cl)nc3c2)c(C2CCOCC2)n1. The number of halogens is 1.